The maximum absolute atomic E-state index is 12.1. The fraction of sp³-hybridized carbons (Fsp3) is 0.467. The normalized spacial score (nSPS) is 19.6. The van der Waals surface area contributed by atoms with E-state index < -0.39 is 12.0 Å². The number of esters is 1. The summed E-state index contributed by atoms with van der Waals surface area (Å²) in [6.45, 7) is 1.89. The van der Waals surface area contributed by atoms with Crippen LogP contribution in [0.5, 0.6) is 0 Å². The van der Waals surface area contributed by atoms with Gasteiger partial charge in [0.2, 0.25) is 5.91 Å². The number of ether oxygens (including phenoxy) is 2. The van der Waals surface area contributed by atoms with Gasteiger partial charge in [-0.15, -0.1) is 0 Å². The maximum atomic E-state index is 12.1. The molecule has 1 aromatic carbocycles. The molecule has 2 rings (SSSR count). The molecular weight excluding hydrogens is 272 g/mol. The van der Waals surface area contributed by atoms with Gasteiger partial charge in [-0.25, -0.2) is 4.79 Å². The number of morpholine rings is 1. The summed E-state index contributed by atoms with van der Waals surface area (Å²) < 4.78 is 10.1. The van der Waals surface area contributed by atoms with Gasteiger partial charge < -0.3 is 20.1 Å². The van der Waals surface area contributed by atoms with Crippen molar-refractivity contribution in [2.24, 2.45) is 0 Å². The van der Waals surface area contributed by atoms with Gasteiger partial charge in [-0.2, -0.15) is 0 Å². The maximum Gasteiger partial charge on any atom is 0.333 e. The molecular formula is C15H20N2O4. The summed E-state index contributed by atoms with van der Waals surface area (Å²) in [6.07, 6.45) is 0.264. The Hall–Kier alpha value is -1.92. The topological polar surface area (TPSA) is 76.7 Å². The van der Waals surface area contributed by atoms with Gasteiger partial charge in [0, 0.05) is 19.0 Å². The van der Waals surface area contributed by atoms with Crippen molar-refractivity contribution in [2.75, 3.05) is 26.9 Å². The number of carbonyl (C=O) groups is 2. The summed E-state index contributed by atoms with van der Waals surface area (Å²) in [5.41, 5.74) is 0.700. The first-order valence-electron chi connectivity index (χ1n) is 6.94. The van der Waals surface area contributed by atoms with Crippen LogP contribution in [-0.4, -0.2) is 44.8 Å². The molecule has 2 atom stereocenters. The standard InChI is InChI=1S/C15H20N2O4/c1-20-15(19)14(11-5-3-2-4-6-11)17-13(18)9-12-10-21-8-7-16-12/h2-6,12,14,16H,7-10H2,1H3,(H,17,18). The zero-order valence-electron chi connectivity index (χ0n) is 12.0. The lowest BCUT2D eigenvalue weighted by molar-refractivity contribution is -0.145. The number of nitrogens with one attached hydrogen (secondary N) is 2. The Labute approximate surface area is 123 Å². The lowest BCUT2D eigenvalue weighted by Crippen LogP contribution is -2.45. The van der Waals surface area contributed by atoms with E-state index >= 15 is 0 Å². The minimum Gasteiger partial charge on any atom is -0.467 e. The molecule has 2 N–H and O–H groups in total. The second-order valence-corrected chi connectivity index (χ2v) is 4.86. The summed E-state index contributed by atoms with van der Waals surface area (Å²) in [5, 5.41) is 5.93. The Balaban J connectivity index is 1.98. The van der Waals surface area contributed by atoms with E-state index in [1.807, 2.05) is 18.2 Å². The Morgan fingerprint density at radius 3 is 2.81 bits per heavy atom. The molecule has 1 aliphatic heterocycles. The van der Waals surface area contributed by atoms with Crippen LogP contribution in [0.2, 0.25) is 0 Å². The molecule has 0 saturated carbocycles. The quantitative estimate of drug-likeness (QED) is 0.768. The minimum atomic E-state index is -0.784. The monoisotopic (exact) mass is 292 g/mol. The van der Waals surface area contributed by atoms with Crippen molar-refractivity contribution in [3.8, 4) is 0 Å². The summed E-state index contributed by atoms with van der Waals surface area (Å²) in [5.74, 6) is -0.695. The van der Waals surface area contributed by atoms with Gasteiger partial charge >= 0.3 is 5.97 Å². The zero-order valence-corrected chi connectivity index (χ0v) is 12.0. The highest BCUT2D eigenvalue weighted by atomic mass is 16.5. The number of carbonyl (C=O) groups excluding carboxylic acids is 2. The molecule has 0 radical (unpaired) electrons. The molecule has 1 saturated heterocycles. The van der Waals surface area contributed by atoms with E-state index in [2.05, 4.69) is 10.6 Å². The van der Waals surface area contributed by atoms with Gasteiger partial charge in [-0.3, -0.25) is 4.79 Å². The largest absolute Gasteiger partial charge is 0.467 e. The molecule has 6 nitrogen and oxygen atoms in total. The third kappa shape index (κ3) is 4.54. The van der Waals surface area contributed by atoms with Crippen molar-refractivity contribution >= 4 is 11.9 Å². The molecule has 0 bridgehead atoms. The van der Waals surface area contributed by atoms with Crippen LogP contribution in [-0.2, 0) is 19.1 Å². The zero-order chi connectivity index (χ0) is 15.1. The summed E-state index contributed by atoms with van der Waals surface area (Å²) in [6, 6.07) is 8.24. The van der Waals surface area contributed by atoms with Crippen LogP contribution < -0.4 is 10.6 Å². The molecule has 6 heteroatoms. The van der Waals surface area contributed by atoms with Crippen molar-refractivity contribution in [3.63, 3.8) is 0 Å². The first-order chi connectivity index (χ1) is 10.2. The SMILES string of the molecule is COC(=O)C(NC(=O)CC1COCCN1)c1ccccc1. The van der Waals surface area contributed by atoms with E-state index in [9.17, 15) is 9.59 Å². The number of methoxy groups -OCH3 is 1. The highest BCUT2D eigenvalue weighted by Gasteiger charge is 2.25. The van der Waals surface area contributed by atoms with E-state index in [4.69, 9.17) is 9.47 Å². The van der Waals surface area contributed by atoms with Crippen molar-refractivity contribution in [2.45, 2.75) is 18.5 Å². The summed E-state index contributed by atoms with van der Waals surface area (Å²) >= 11 is 0. The summed E-state index contributed by atoms with van der Waals surface area (Å²) in [7, 11) is 1.31. The predicted octanol–water partition coefficient (Wildman–Crippen LogP) is 0.395. The van der Waals surface area contributed by atoms with E-state index in [1.54, 1.807) is 12.1 Å². The number of hydrogen-bond acceptors (Lipinski definition) is 5. The molecule has 1 amide bonds. The first-order valence-corrected chi connectivity index (χ1v) is 6.94. The number of hydrogen-bond donors (Lipinski definition) is 2. The molecule has 1 aromatic rings. The minimum absolute atomic E-state index is 0.0205. The van der Waals surface area contributed by atoms with Crippen molar-refractivity contribution in [1.29, 1.82) is 0 Å². The molecule has 1 heterocycles. The van der Waals surface area contributed by atoms with E-state index in [0.29, 0.717) is 18.8 Å². The second-order valence-electron chi connectivity index (χ2n) is 4.86. The van der Waals surface area contributed by atoms with E-state index in [-0.39, 0.29) is 18.4 Å². The van der Waals surface area contributed by atoms with Crippen LogP contribution >= 0.6 is 0 Å². The van der Waals surface area contributed by atoms with Gasteiger partial charge in [-0.1, -0.05) is 30.3 Å². The molecule has 0 spiro atoms. The van der Waals surface area contributed by atoms with Gasteiger partial charge in [0.05, 0.1) is 20.3 Å². The molecule has 114 valence electrons. The lowest BCUT2D eigenvalue weighted by atomic mass is 10.1. The van der Waals surface area contributed by atoms with Crippen LogP contribution in [0, 0.1) is 0 Å². The van der Waals surface area contributed by atoms with Crippen LogP contribution in [0.3, 0.4) is 0 Å². The van der Waals surface area contributed by atoms with E-state index in [1.165, 1.54) is 7.11 Å². The fourth-order valence-corrected chi connectivity index (χ4v) is 2.24. The Morgan fingerprint density at radius 1 is 1.43 bits per heavy atom. The molecule has 1 fully saturated rings. The third-order valence-electron chi connectivity index (χ3n) is 3.31. The highest BCUT2D eigenvalue weighted by Crippen LogP contribution is 2.14. The summed E-state index contributed by atoms with van der Waals surface area (Å²) in [4.78, 5) is 24.0. The molecule has 21 heavy (non-hydrogen) atoms. The average Bonchev–Trinajstić information content (AvgIpc) is 2.53. The Kier molecular flexibility index (Phi) is 5.71. The number of benzene rings is 1. The predicted molar refractivity (Wildman–Crippen MR) is 76.6 cm³/mol. The van der Waals surface area contributed by atoms with Gasteiger partial charge in [0.25, 0.3) is 0 Å². The Morgan fingerprint density at radius 2 is 2.19 bits per heavy atom. The second kappa shape index (κ2) is 7.75. The average molecular weight is 292 g/mol. The van der Waals surface area contributed by atoms with Crippen LogP contribution in [0.25, 0.3) is 0 Å². The van der Waals surface area contributed by atoms with Crippen LogP contribution in [0.15, 0.2) is 30.3 Å². The molecule has 0 aromatic heterocycles. The molecule has 2 unspecified atom stereocenters. The van der Waals surface area contributed by atoms with Gasteiger partial charge in [0.15, 0.2) is 6.04 Å². The smallest absolute Gasteiger partial charge is 0.333 e. The number of rotatable bonds is 5. The van der Waals surface area contributed by atoms with Crippen LogP contribution in [0.4, 0.5) is 0 Å². The first kappa shape index (κ1) is 15.5. The Bertz CT molecular complexity index is 472. The molecule has 1 aliphatic rings. The third-order valence-corrected chi connectivity index (χ3v) is 3.31. The molecule has 0 aliphatic carbocycles. The number of amides is 1. The van der Waals surface area contributed by atoms with E-state index in [0.717, 1.165) is 6.54 Å². The van der Waals surface area contributed by atoms with Crippen LogP contribution in [0.1, 0.15) is 18.0 Å². The highest BCUT2D eigenvalue weighted by molar-refractivity contribution is 5.85. The van der Waals surface area contributed by atoms with Crippen molar-refractivity contribution in [3.05, 3.63) is 35.9 Å². The van der Waals surface area contributed by atoms with Crippen molar-refractivity contribution < 1.29 is 19.1 Å². The van der Waals surface area contributed by atoms with Gasteiger partial charge in [-0.05, 0) is 5.56 Å². The van der Waals surface area contributed by atoms with Crippen molar-refractivity contribution in [1.82, 2.24) is 10.6 Å². The lowest BCUT2D eigenvalue weighted by Gasteiger charge is -2.24. The fourth-order valence-electron chi connectivity index (χ4n) is 2.24. The van der Waals surface area contributed by atoms with Gasteiger partial charge in [0.1, 0.15) is 0 Å².